The molecule has 0 spiro atoms. The zero-order chi connectivity index (χ0) is 24.9. The molecule has 2 aliphatic rings. The van der Waals surface area contributed by atoms with Crippen LogP contribution in [0.4, 0.5) is 0 Å². The second kappa shape index (κ2) is 10.9. The number of amides is 2. The van der Waals surface area contributed by atoms with Crippen LogP contribution in [0.25, 0.3) is 0 Å². The van der Waals surface area contributed by atoms with Gasteiger partial charge in [0.05, 0.1) is 31.1 Å². The van der Waals surface area contributed by atoms with Crippen molar-refractivity contribution in [1.82, 2.24) is 10.2 Å². The Kier molecular flexibility index (Phi) is 7.67. The van der Waals surface area contributed by atoms with Gasteiger partial charge in [0.1, 0.15) is 23.7 Å². The highest BCUT2D eigenvalue weighted by molar-refractivity contribution is 5.96. The summed E-state index contributed by atoms with van der Waals surface area (Å²) in [6, 6.07) is 8.19. The Hall–Kier alpha value is -3.43. The molecule has 0 fully saturated rings. The number of fused-ring (bicyclic) bond motifs is 3. The summed E-state index contributed by atoms with van der Waals surface area (Å²) in [6.45, 7) is 1.50. The van der Waals surface area contributed by atoms with Gasteiger partial charge in [-0.05, 0) is 31.6 Å². The first kappa shape index (κ1) is 24.7. The molecule has 1 aliphatic carbocycles. The molecule has 2 aromatic rings. The van der Waals surface area contributed by atoms with E-state index in [-0.39, 0.29) is 44.2 Å². The van der Waals surface area contributed by atoms with Gasteiger partial charge in [-0.3, -0.25) is 9.59 Å². The van der Waals surface area contributed by atoms with Crippen LogP contribution in [0.15, 0.2) is 58.9 Å². The standard InChI is InChI=1S/C26H30N2O7/c1-16(30)5-4-8-22(31)28(14-17-9-12-34-15-17)20-13-19(26(33)27-10-11-29)23-18-6-2-3-7-21(18)35-25(23)24(20)32/h2-3,6-7,9,12-13,15,20,23-25,29,32H,4-5,8,10-11,14H2,1H3,(H,27,33)/t20-,23+,24+,25+/m1/s1. The molecule has 186 valence electrons. The predicted octanol–water partition coefficient (Wildman–Crippen LogP) is 1.69. The molecule has 0 bridgehead atoms. The molecule has 4 rings (SSSR count). The minimum absolute atomic E-state index is 0.000385. The number of aliphatic hydroxyl groups excluding tert-OH is 2. The van der Waals surface area contributed by atoms with E-state index >= 15 is 0 Å². The molecule has 1 aliphatic heterocycles. The van der Waals surface area contributed by atoms with E-state index in [1.807, 2.05) is 18.2 Å². The van der Waals surface area contributed by atoms with Crippen LogP contribution in [0.1, 0.15) is 43.2 Å². The van der Waals surface area contributed by atoms with Crippen LogP contribution in [0, 0.1) is 0 Å². The van der Waals surface area contributed by atoms with Crippen LogP contribution >= 0.6 is 0 Å². The summed E-state index contributed by atoms with van der Waals surface area (Å²) < 4.78 is 11.3. The third-order valence-electron chi connectivity index (χ3n) is 6.41. The van der Waals surface area contributed by atoms with Gasteiger partial charge in [-0.25, -0.2) is 0 Å². The Balaban J connectivity index is 1.70. The lowest BCUT2D eigenvalue weighted by molar-refractivity contribution is -0.138. The number of Topliss-reactive ketones (excluding diaryl/α,β-unsaturated/α-hetero) is 1. The maximum Gasteiger partial charge on any atom is 0.247 e. The number of para-hydroxylation sites is 1. The number of ether oxygens (including phenoxy) is 1. The molecule has 4 atom stereocenters. The fourth-order valence-corrected chi connectivity index (χ4v) is 4.76. The second-order valence-corrected chi connectivity index (χ2v) is 8.89. The van der Waals surface area contributed by atoms with Gasteiger partial charge >= 0.3 is 0 Å². The van der Waals surface area contributed by atoms with E-state index in [1.54, 1.807) is 18.2 Å². The highest BCUT2D eigenvalue weighted by Gasteiger charge is 2.50. The first-order chi connectivity index (χ1) is 16.9. The SMILES string of the molecule is CC(=O)CCCC(=O)N(Cc1ccoc1)[C@@H]1C=C(C(=O)NCCO)[C@@H]2c3ccccc3O[C@@H]2[C@H]1O. The van der Waals surface area contributed by atoms with E-state index in [1.165, 1.54) is 24.3 Å². The Morgan fingerprint density at radius 2 is 1.94 bits per heavy atom. The van der Waals surface area contributed by atoms with Crippen LogP contribution in [0.3, 0.4) is 0 Å². The van der Waals surface area contributed by atoms with Crippen molar-refractivity contribution < 1.29 is 33.8 Å². The second-order valence-electron chi connectivity index (χ2n) is 8.89. The molecule has 1 aromatic heterocycles. The van der Waals surface area contributed by atoms with E-state index in [0.29, 0.717) is 17.7 Å². The van der Waals surface area contributed by atoms with Crippen LogP contribution < -0.4 is 10.1 Å². The molecule has 0 radical (unpaired) electrons. The average molecular weight is 483 g/mol. The van der Waals surface area contributed by atoms with Crippen molar-refractivity contribution >= 4 is 17.6 Å². The minimum Gasteiger partial charge on any atom is -0.486 e. The molecular formula is C26H30N2O7. The number of nitrogens with one attached hydrogen (secondary N) is 1. The van der Waals surface area contributed by atoms with E-state index in [2.05, 4.69) is 5.32 Å². The number of rotatable bonds is 10. The topological polar surface area (TPSA) is 129 Å². The van der Waals surface area contributed by atoms with Gasteiger partial charge in [0.15, 0.2) is 0 Å². The third kappa shape index (κ3) is 5.31. The van der Waals surface area contributed by atoms with Crippen LogP contribution in [0.2, 0.25) is 0 Å². The monoisotopic (exact) mass is 482 g/mol. The number of hydrogen-bond donors (Lipinski definition) is 3. The van der Waals surface area contributed by atoms with Crippen molar-refractivity contribution in [2.75, 3.05) is 13.2 Å². The summed E-state index contributed by atoms with van der Waals surface area (Å²) >= 11 is 0. The van der Waals surface area contributed by atoms with Gasteiger partial charge in [0, 0.05) is 42.6 Å². The smallest absolute Gasteiger partial charge is 0.247 e. The van der Waals surface area contributed by atoms with Gasteiger partial charge < -0.3 is 34.4 Å². The zero-order valence-corrected chi connectivity index (χ0v) is 19.6. The van der Waals surface area contributed by atoms with E-state index < -0.39 is 30.1 Å². The third-order valence-corrected chi connectivity index (χ3v) is 6.41. The van der Waals surface area contributed by atoms with Crippen molar-refractivity contribution in [1.29, 1.82) is 0 Å². The summed E-state index contributed by atoms with van der Waals surface area (Å²) in [6.07, 6.45) is 3.57. The molecule has 9 nitrogen and oxygen atoms in total. The Morgan fingerprint density at radius 1 is 1.14 bits per heavy atom. The quantitative estimate of drug-likeness (QED) is 0.470. The highest BCUT2D eigenvalue weighted by Crippen LogP contribution is 2.47. The lowest BCUT2D eigenvalue weighted by atomic mass is 9.77. The first-order valence-corrected chi connectivity index (χ1v) is 11.7. The van der Waals surface area contributed by atoms with Crippen molar-refractivity contribution in [2.24, 2.45) is 0 Å². The fraction of sp³-hybridized carbons (Fsp3) is 0.423. The van der Waals surface area contributed by atoms with Gasteiger partial charge in [-0.2, -0.15) is 0 Å². The molecule has 2 heterocycles. The molecule has 3 N–H and O–H groups in total. The molecular weight excluding hydrogens is 452 g/mol. The normalized spacial score (nSPS) is 22.4. The van der Waals surface area contributed by atoms with E-state index in [9.17, 15) is 24.6 Å². The lowest BCUT2D eigenvalue weighted by Crippen LogP contribution is -2.55. The van der Waals surface area contributed by atoms with Gasteiger partial charge in [0.25, 0.3) is 0 Å². The summed E-state index contributed by atoms with van der Waals surface area (Å²) in [4.78, 5) is 39.3. The maximum absolute atomic E-state index is 13.3. The molecule has 9 heteroatoms. The van der Waals surface area contributed by atoms with Crippen molar-refractivity contribution in [2.45, 2.75) is 56.9 Å². The number of carbonyl (C=O) groups is 3. The number of hydrogen-bond acceptors (Lipinski definition) is 7. The van der Waals surface area contributed by atoms with E-state index in [0.717, 1.165) is 11.1 Å². The molecule has 0 saturated heterocycles. The van der Waals surface area contributed by atoms with Crippen molar-refractivity contribution in [3.05, 3.63) is 65.6 Å². The van der Waals surface area contributed by atoms with Crippen LogP contribution in [-0.4, -0.2) is 64.1 Å². The lowest BCUT2D eigenvalue weighted by Gasteiger charge is -2.40. The minimum atomic E-state index is -1.11. The number of nitrogens with zero attached hydrogens (tertiary/aromatic N) is 1. The van der Waals surface area contributed by atoms with Crippen LogP contribution in [-0.2, 0) is 20.9 Å². The Bertz CT molecular complexity index is 1090. The van der Waals surface area contributed by atoms with Crippen LogP contribution in [0.5, 0.6) is 5.75 Å². The summed E-state index contributed by atoms with van der Waals surface area (Å²) in [7, 11) is 0. The Labute approximate surface area is 203 Å². The fourth-order valence-electron chi connectivity index (χ4n) is 4.76. The van der Waals surface area contributed by atoms with E-state index in [4.69, 9.17) is 9.15 Å². The summed E-state index contributed by atoms with van der Waals surface area (Å²) in [5, 5.41) is 23.3. The highest BCUT2D eigenvalue weighted by atomic mass is 16.5. The number of carbonyl (C=O) groups excluding carboxylic acids is 3. The zero-order valence-electron chi connectivity index (χ0n) is 19.6. The maximum atomic E-state index is 13.3. The number of benzene rings is 1. The Morgan fingerprint density at radius 3 is 2.66 bits per heavy atom. The molecule has 35 heavy (non-hydrogen) atoms. The number of aliphatic hydroxyl groups is 2. The first-order valence-electron chi connectivity index (χ1n) is 11.7. The predicted molar refractivity (Wildman–Crippen MR) is 125 cm³/mol. The molecule has 2 amide bonds. The van der Waals surface area contributed by atoms with Crippen molar-refractivity contribution in [3.63, 3.8) is 0 Å². The van der Waals surface area contributed by atoms with Gasteiger partial charge in [-0.15, -0.1) is 0 Å². The molecule has 1 aromatic carbocycles. The van der Waals surface area contributed by atoms with Gasteiger partial charge in [-0.1, -0.05) is 18.2 Å². The number of ketones is 1. The molecule has 0 unspecified atom stereocenters. The largest absolute Gasteiger partial charge is 0.486 e. The summed E-state index contributed by atoms with van der Waals surface area (Å²) in [5.41, 5.74) is 1.89. The number of furan rings is 1. The molecule has 0 saturated carbocycles. The van der Waals surface area contributed by atoms with Crippen molar-refractivity contribution in [3.8, 4) is 5.75 Å². The average Bonchev–Trinajstić information content (AvgIpc) is 3.49. The summed E-state index contributed by atoms with van der Waals surface area (Å²) in [5.74, 6) is -0.577. The van der Waals surface area contributed by atoms with Gasteiger partial charge in [0.2, 0.25) is 11.8 Å².